The molecule has 0 aromatic heterocycles. The standard InChI is InChI=1S/C18H28N2O/c1-14-7-8-15(2)17(11-14)16(13-19)12-18(21)20-9-5-3-4-6-10-20/h7-8,11,16H,3-6,9-10,12-13,19H2,1-2H3. The number of amides is 1. The first-order chi connectivity index (χ1) is 10.1. The highest BCUT2D eigenvalue weighted by Crippen LogP contribution is 2.25. The van der Waals surface area contributed by atoms with E-state index in [1.54, 1.807) is 0 Å². The quantitative estimate of drug-likeness (QED) is 0.925. The van der Waals surface area contributed by atoms with Crippen LogP contribution in [0.4, 0.5) is 0 Å². The number of aryl methyl sites for hydroxylation is 2. The Labute approximate surface area is 128 Å². The molecule has 1 aromatic rings. The molecule has 0 bridgehead atoms. The lowest BCUT2D eigenvalue weighted by Crippen LogP contribution is -2.34. The third-order valence-electron chi connectivity index (χ3n) is 4.54. The summed E-state index contributed by atoms with van der Waals surface area (Å²) in [6.45, 7) is 6.57. The summed E-state index contributed by atoms with van der Waals surface area (Å²) in [6.07, 6.45) is 5.33. The van der Waals surface area contributed by atoms with E-state index in [1.165, 1.54) is 29.5 Å². The summed E-state index contributed by atoms with van der Waals surface area (Å²) in [7, 11) is 0. The Morgan fingerprint density at radius 3 is 2.48 bits per heavy atom. The molecule has 3 heteroatoms. The summed E-state index contributed by atoms with van der Waals surface area (Å²) in [6, 6.07) is 6.43. The summed E-state index contributed by atoms with van der Waals surface area (Å²) in [5, 5.41) is 0. The van der Waals surface area contributed by atoms with E-state index in [4.69, 9.17) is 5.73 Å². The number of carbonyl (C=O) groups is 1. The lowest BCUT2D eigenvalue weighted by atomic mass is 9.90. The van der Waals surface area contributed by atoms with Crippen molar-refractivity contribution in [2.24, 2.45) is 5.73 Å². The number of hydrogen-bond donors (Lipinski definition) is 1. The Balaban J connectivity index is 2.07. The van der Waals surface area contributed by atoms with Gasteiger partial charge in [0.25, 0.3) is 0 Å². The molecule has 1 amide bonds. The number of nitrogens with zero attached hydrogens (tertiary/aromatic N) is 1. The summed E-state index contributed by atoms with van der Waals surface area (Å²) in [5.74, 6) is 0.411. The SMILES string of the molecule is Cc1ccc(C)c(C(CN)CC(=O)N2CCCCCC2)c1. The molecule has 0 spiro atoms. The predicted octanol–water partition coefficient (Wildman–Crippen LogP) is 3.14. The zero-order valence-corrected chi connectivity index (χ0v) is 13.4. The largest absolute Gasteiger partial charge is 0.343 e. The minimum atomic E-state index is 0.139. The number of benzene rings is 1. The van der Waals surface area contributed by atoms with Crippen LogP contribution in [-0.2, 0) is 4.79 Å². The maximum atomic E-state index is 12.6. The molecule has 116 valence electrons. The lowest BCUT2D eigenvalue weighted by Gasteiger charge is -2.24. The second kappa shape index (κ2) is 7.60. The van der Waals surface area contributed by atoms with Gasteiger partial charge in [-0.25, -0.2) is 0 Å². The molecule has 1 aromatic carbocycles. The van der Waals surface area contributed by atoms with Crippen molar-refractivity contribution in [3.05, 3.63) is 34.9 Å². The first-order valence-corrected chi connectivity index (χ1v) is 8.17. The predicted molar refractivity (Wildman–Crippen MR) is 87.4 cm³/mol. The zero-order chi connectivity index (χ0) is 15.2. The summed E-state index contributed by atoms with van der Waals surface area (Å²) < 4.78 is 0. The molecule has 1 heterocycles. The summed E-state index contributed by atoms with van der Waals surface area (Å²) in [5.41, 5.74) is 9.67. The van der Waals surface area contributed by atoms with Gasteiger partial charge in [0.15, 0.2) is 0 Å². The Morgan fingerprint density at radius 1 is 1.19 bits per heavy atom. The molecule has 2 rings (SSSR count). The fourth-order valence-corrected chi connectivity index (χ4v) is 3.18. The van der Waals surface area contributed by atoms with Gasteiger partial charge in [0.1, 0.15) is 0 Å². The molecule has 0 saturated carbocycles. The van der Waals surface area contributed by atoms with Crippen LogP contribution in [0, 0.1) is 13.8 Å². The van der Waals surface area contributed by atoms with Crippen molar-refractivity contribution in [1.29, 1.82) is 0 Å². The highest BCUT2D eigenvalue weighted by molar-refractivity contribution is 5.77. The molecule has 0 radical (unpaired) electrons. The van der Waals surface area contributed by atoms with Crippen molar-refractivity contribution < 1.29 is 4.79 Å². The van der Waals surface area contributed by atoms with E-state index in [0.29, 0.717) is 13.0 Å². The third kappa shape index (κ3) is 4.31. The molecular weight excluding hydrogens is 260 g/mol. The van der Waals surface area contributed by atoms with Gasteiger partial charge in [-0.2, -0.15) is 0 Å². The van der Waals surface area contributed by atoms with Crippen molar-refractivity contribution in [2.75, 3.05) is 19.6 Å². The van der Waals surface area contributed by atoms with Gasteiger partial charge >= 0.3 is 0 Å². The van der Waals surface area contributed by atoms with Crippen LogP contribution in [0.15, 0.2) is 18.2 Å². The van der Waals surface area contributed by atoms with Crippen molar-refractivity contribution in [3.63, 3.8) is 0 Å². The van der Waals surface area contributed by atoms with Crippen molar-refractivity contribution in [3.8, 4) is 0 Å². The smallest absolute Gasteiger partial charge is 0.223 e. The highest BCUT2D eigenvalue weighted by atomic mass is 16.2. The normalized spacial score (nSPS) is 17.4. The molecule has 1 atom stereocenters. The van der Waals surface area contributed by atoms with Crippen LogP contribution in [0.5, 0.6) is 0 Å². The Hall–Kier alpha value is -1.35. The fourth-order valence-electron chi connectivity index (χ4n) is 3.18. The fraction of sp³-hybridized carbons (Fsp3) is 0.611. The summed E-state index contributed by atoms with van der Waals surface area (Å²) in [4.78, 5) is 14.6. The van der Waals surface area contributed by atoms with Crippen LogP contribution in [0.3, 0.4) is 0 Å². The van der Waals surface area contributed by atoms with Crippen molar-refractivity contribution in [1.82, 2.24) is 4.90 Å². The molecular formula is C18H28N2O. The van der Waals surface area contributed by atoms with Crippen LogP contribution in [0.2, 0.25) is 0 Å². The molecule has 1 unspecified atom stereocenters. The number of likely N-dealkylation sites (tertiary alicyclic amines) is 1. The second-order valence-corrected chi connectivity index (χ2v) is 6.29. The molecule has 1 fully saturated rings. The lowest BCUT2D eigenvalue weighted by molar-refractivity contribution is -0.131. The first kappa shape index (κ1) is 16.0. The molecule has 1 aliphatic rings. The van der Waals surface area contributed by atoms with Crippen LogP contribution < -0.4 is 5.73 Å². The average molecular weight is 288 g/mol. The number of rotatable bonds is 4. The Morgan fingerprint density at radius 2 is 1.86 bits per heavy atom. The van der Waals surface area contributed by atoms with E-state index in [0.717, 1.165) is 25.9 Å². The molecule has 2 N–H and O–H groups in total. The van der Waals surface area contributed by atoms with Gasteiger partial charge < -0.3 is 10.6 Å². The monoisotopic (exact) mass is 288 g/mol. The van der Waals surface area contributed by atoms with Crippen LogP contribution in [0.1, 0.15) is 54.7 Å². The van der Waals surface area contributed by atoms with Gasteiger partial charge in [0, 0.05) is 25.4 Å². The van der Waals surface area contributed by atoms with E-state index in [1.807, 2.05) is 4.90 Å². The number of nitrogens with two attached hydrogens (primary N) is 1. The number of carbonyl (C=O) groups excluding carboxylic acids is 1. The van der Waals surface area contributed by atoms with Crippen LogP contribution >= 0.6 is 0 Å². The Kier molecular flexibility index (Phi) is 5.80. The van der Waals surface area contributed by atoms with Crippen molar-refractivity contribution in [2.45, 2.75) is 51.9 Å². The third-order valence-corrected chi connectivity index (χ3v) is 4.54. The maximum Gasteiger partial charge on any atom is 0.223 e. The van der Waals surface area contributed by atoms with Crippen molar-refractivity contribution >= 4 is 5.91 Å². The van der Waals surface area contributed by atoms with Crippen LogP contribution in [0.25, 0.3) is 0 Å². The van der Waals surface area contributed by atoms with Gasteiger partial charge in [0.05, 0.1) is 0 Å². The van der Waals surface area contributed by atoms with E-state index < -0.39 is 0 Å². The molecule has 21 heavy (non-hydrogen) atoms. The maximum absolute atomic E-state index is 12.6. The Bertz CT molecular complexity index is 476. The molecule has 3 nitrogen and oxygen atoms in total. The highest BCUT2D eigenvalue weighted by Gasteiger charge is 2.21. The van der Waals surface area contributed by atoms with E-state index >= 15 is 0 Å². The van der Waals surface area contributed by atoms with Gasteiger partial charge in [-0.15, -0.1) is 0 Å². The average Bonchev–Trinajstić information content (AvgIpc) is 2.76. The van der Waals surface area contributed by atoms with E-state index in [2.05, 4.69) is 32.0 Å². The minimum Gasteiger partial charge on any atom is -0.343 e. The van der Waals surface area contributed by atoms with Crippen LogP contribution in [-0.4, -0.2) is 30.4 Å². The van der Waals surface area contributed by atoms with E-state index in [-0.39, 0.29) is 11.8 Å². The van der Waals surface area contributed by atoms with E-state index in [9.17, 15) is 4.79 Å². The van der Waals surface area contributed by atoms with Gasteiger partial charge in [-0.3, -0.25) is 4.79 Å². The first-order valence-electron chi connectivity index (χ1n) is 8.17. The topological polar surface area (TPSA) is 46.3 Å². The number of hydrogen-bond acceptors (Lipinski definition) is 2. The second-order valence-electron chi connectivity index (χ2n) is 6.29. The molecule has 0 aliphatic carbocycles. The van der Waals surface area contributed by atoms with Gasteiger partial charge in [-0.1, -0.05) is 36.6 Å². The minimum absolute atomic E-state index is 0.139. The molecule has 1 aliphatic heterocycles. The summed E-state index contributed by atoms with van der Waals surface area (Å²) >= 11 is 0. The zero-order valence-electron chi connectivity index (χ0n) is 13.4. The molecule has 1 saturated heterocycles. The van der Waals surface area contributed by atoms with Gasteiger partial charge in [-0.05, 0) is 44.4 Å². The van der Waals surface area contributed by atoms with Gasteiger partial charge in [0.2, 0.25) is 5.91 Å².